The van der Waals surface area contributed by atoms with Gasteiger partial charge in [0, 0.05) is 30.7 Å². The summed E-state index contributed by atoms with van der Waals surface area (Å²) >= 11 is 1.56. The second kappa shape index (κ2) is 8.93. The minimum Gasteiger partial charge on any atom is -0.376 e. The van der Waals surface area contributed by atoms with Crippen molar-refractivity contribution in [1.29, 1.82) is 0 Å². The molecular weight excluding hydrogens is 312 g/mol. The number of hydrogen-bond donors (Lipinski definition) is 2. The largest absolute Gasteiger partial charge is 0.376 e. The van der Waals surface area contributed by atoms with Gasteiger partial charge in [-0.3, -0.25) is 9.59 Å². The van der Waals surface area contributed by atoms with Gasteiger partial charge in [0.25, 0.3) is 0 Å². The van der Waals surface area contributed by atoms with Crippen molar-refractivity contribution in [1.82, 2.24) is 10.6 Å². The average molecular weight is 336 g/mol. The normalized spacial score (nSPS) is 18.4. The van der Waals surface area contributed by atoms with Gasteiger partial charge in [-0.1, -0.05) is 17.7 Å². The van der Waals surface area contributed by atoms with Crippen molar-refractivity contribution in [3.8, 4) is 0 Å². The fraction of sp³-hybridized carbons (Fsp3) is 0.529. The van der Waals surface area contributed by atoms with Gasteiger partial charge in [0.05, 0.1) is 6.10 Å². The van der Waals surface area contributed by atoms with Crippen LogP contribution in [0.25, 0.3) is 0 Å². The molecule has 6 heteroatoms. The Kier molecular flexibility index (Phi) is 6.92. The molecule has 2 amide bonds. The van der Waals surface area contributed by atoms with Gasteiger partial charge in [0.2, 0.25) is 11.8 Å². The first-order chi connectivity index (χ1) is 11.0. The monoisotopic (exact) mass is 336 g/mol. The van der Waals surface area contributed by atoms with Gasteiger partial charge in [-0.15, -0.1) is 11.8 Å². The molecule has 0 saturated carbocycles. The molecule has 1 aromatic rings. The number of nitrogens with one attached hydrogen (secondary N) is 2. The molecule has 0 radical (unpaired) electrons. The highest BCUT2D eigenvalue weighted by Crippen LogP contribution is 2.19. The van der Waals surface area contributed by atoms with Crippen molar-refractivity contribution in [3.63, 3.8) is 0 Å². The third-order valence-electron chi connectivity index (χ3n) is 3.66. The second-order valence-corrected chi connectivity index (χ2v) is 6.85. The van der Waals surface area contributed by atoms with Crippen LogP contribution in [0.3, 0.4) is 0 Å². The lowest BCUT2D eigenvalue weighted by atomic mass is 10.2. The van der Waals surface area contributed by atoms with E-state index in [4.69, 9.17) is 4.74 Å². The first-order valence-electron chi connectivity index (χ1n) is 7.90. The Morgan fingerprint density at radius 2 is 2.09 bits per heavy atom. The Morgan fingerprint density at radius 1 is 1.35 bits per heavy atom. The first-order valence-corrected chi connectivity index (χ1v) is 8.89. The molecule has 1 aliphatic heterocycles. The highest BCUT2D eigenvalue weighted by molar-refractivity contribution is 7.99. The van der Waals surface area contributed by atoms with Crippen LogP contribution in [0, 0.1) is 6.92 Å². The summed E-state index contributed by atoms with van der Waals surface area (Å²) in [5.41, 5.74) is 1.20. The highest BCUT2D eigenvalue weighted by atomic mass is 32.2. The maximum atomic E-state index is 12.3. The van der Waals surface area contributed by atoms with E-state index in [0.29, 0.717) is 12.3 Å². The summed E-state index contributed by atoms with van der Waals surface area (Å²) in [5.74, 6) is 0.141. The summed E-state index contributed by atoms with van der Waals surface area (Å²) in [5, 5.41) is 5.61. The maximum Gasteiger partial charge on any atom is 0.243 e. The molecule has 1 fully saturated rings. The predicted octanol–water partition coefficient (Wildman–Crippen LogP) is 1.89. The van der Waals surface area contributed by atoms with Crippen molar-refractivity contribution in [2.75, 3.05) is 18.9 Å². The van der Waals surface area contributed by atoms with Crippen LogP contribution in [0.15, 0.2) is 29.2 Å². The van der Waals surface area contributed by atoms with E-state index < -0.39 is 6.04 Å². The molecular formula is C17H24N2O3S. The second-order valence-electron chi connectivity index (χ2n) is 5.76. The quantitative estimate of drug-likeness (QED) is 0.746. The Bertz CT molecular complexity index is 527. The third-order valence-corrected chi connectivity index (χ3v) is 4.77. The topological polar surface area (TPSA) is 67.4 Å². The number of rotatable bonds is 7. The molecule has 2 unspecified atom stereocenters. The van der Waals surface area contributed by atoms with Crippen molar-refractivity contribution in [2.45, 2.75) is 43.7 Å². The summed E-state index contributed by atoms with van der Waals surface area (Å²) in [6.45, 7) is 4.73. The summed E-state index contributed by atoms with van der Waals surface area (Å²) < 4.78 is 5.50. The molecule has 0 spiro atoms. The van der Waals surface area contributed by atoms with Crippen LogP contribution >= 0.6 is 11.8 Å². The van der Waals surface area contributed by atoms with Crippen molar-refractivity contribution < 1.29 is 14.3 Å². The van der Waals surface area contributed by atoms with E-state index in [9.17, 15) is 9.59 Å². The average Bonchev–Trinajstić information content (AvgIpc) is 3.03. The van der Waals surface area contributed by atoms with E-state index in [1.165, 1.54) is 12.5 Å². The van der Waals surface area contributed by atoms with E-state index in [1.807, 2.05) is 31.2 Å². The zero-order chi connectivity index (χ0) is 16.7. The van der Waals surface area contributed by atoms with Gasteiger partial charge in [0.1, 0.15) is 6.04 Å². The van der Waals surface area contributed by atoms with Gasteiger partial charge in [-0.2, -0.15) is 0 Å². The number of benzene rings is 1. The molecule has 0 aromatic heterocycles. The Balaban J connectivity index is 1.85. The standard InChI is InChI=1S/C17H24N2O3S/c1-12-5-7-15(8-6-12)23-11-16(19-13(2)20)17(21)18-10-14-4-3-9-22-14/h5-8,14,16H,3-4,9-11H2,1-2H3,(H,18,21)(H,19,20). The molecule has 1 heterocycles. The van der Waals surface area contributed by atoms with Crippen LogP contribution in [0.5, 0.6) is 0 Å². The fourth-order valence-electron chi connectivity index (χ4n) is 2.39. The fourth-order valence-corrected chi connectivity index (χ4v) is 3.31. The minimum atomic E-state index is -0.541. The molecule has 1 aliphatic rings. The summed E-state index contributed by atoms with van der Waals surface area (Å²) in [7, 11) is 0. The Labute approximate surface area is 141 Å². The number of amides is 2. The molecule has 2 N–H and O–H groups in total. The van der Waals surface area contributed by atoms with Crippen LogP contribution in [0.4, 0.5) is 0 Å². The smallest absolute Gasteiger partial charge is 0.243 e. The highest BCUT2D eigenvalue weighted by Gasteiger charge is 2.22. The lowest BCUT2D eigenvalue weighted by Gasteiger charge is -2.19. The lowest BCUT2D eigenvalue weighted by Crippen LogP contribution is -2.49. The SMILES string of the molecule is CC(=O)NC(CSc1ccc(C)cc1)C(=O)NCC1CCCO1. The molecule has 1 aromatic carbocycles. The molecule has 1 saturated heterocycles. The number of aryl methyl sites for hydroxylation is 1. The lowest BCUT2D eigenvalue weighted by molar-refractivity contribution is -0.127. The van der Waals surface area contributed by atoms with Gasteiger partial charge in [0.15, 0.2) is 0 Å². The maximum absolute atomic E-state index is 12.3. The summed E-state index contributed by atoms with van der Waals surface area (Å²) in [4.78, 5) is 24.7. The molecule has 5 nitrogen and oxygen atoms in total. The van der Waals surface area contributed by atoms with Crippen LogP contribution in [-0.4, -0.2) is 42.9 Å². The minimum absolute atomic E-state index is 0.0988. The molecule has 2 rings (SSSR count). The molecule has 0 aliphatic carbocycles. The number of hydrogen-bond acceptors (Lipinski definition) is 4. The van der Waals surface area contributed by atoms with Crippen LogP contribution in [-0.2, 0) is 14.3 Å². The Morgan fingerprint density at radius 3 is 2.70 bits per heavy atom. The van der Waals surface area contributed by atoms with Crippen molar-refractivity contribution in [3.05, 3.63) is 29.8 Å². The third kappa shape index (κ3) is 6.23. The molecule has 2 atom stereocenters. The zero-order valence-electron chi connectivity index (χ0n) is 13.6. The zero-order valence-corrected chi connectivity index (χ0v) is 14.4. The van der Waals surface area contributed by atoms with Gasteiger partial charge in [-0.25, -0.2) is 0 Å². The number of ether oxygens (including phenoxy) is 1. The number of thioether (sulfide) groups is 1. The van der Waals surface area contributed by atoms with Crippen molar-refractivity contribution in [2.24, 2.45) is 0 Å². The van der Waals surface area contributed by atoms with Crippen molar-refractivity contribution >= 4 is 23.6 Å². The van der Waals surface area contributed by atoms with E-state index in [0.717, 1.165) is 24.3 Å². The van der Waals surface area contributed by atoms with Gasteiger partial charge < -0.3 is 15.4 Å². The Hall–Kier alpha value is -1.53. The van der Waals surface area contributed by atoms with E-state index in [-0.39, 0.29) is 17.9 Å². The van der Waals surface area contributed by atoms with E-state index in [1.54, 1.807) is 11.8 Å². The molecule has 126 valence electrons. The summed E-state index contributed by atoms with van der Waals surface area (Å²) in [6.07, 6.45) is 2.11. The van der Waals surface area contributed by atoms with Crippen LogP contribution in [0.2, 0.25) is 0 Å². The number of carbonyl (C=O) groups excluding carboxylic acids is 2. The molecule has 0 bridgehead atoms. The summed E-state index contributed by atoms with van der Waals surface area (Å²) in [6, 6.07) is 7.57. The molecule has 23 heavy (non-hydrogen) atoms. The number of carbonyl (C=O) groups is 2. The predicted molar refractivity (Wildman–Crippen MR) is 91.5 cm³/mol. The first kappa shape index (κ1) is 17.8. The van der Waals surface area contributed by atoms with Gasteiger partial charge in [-0.05, 0) is 31.9 Å². The van der Waals surface area contributed by atoms with Crippen LogP contribution < -0.4 is 10.6 Å². The van der Waals surface area contributed by atoms with Crippen LogP contribution in [0.1, 0.15) is 25.3 Å². The van der Waals surface area contributed by atoms with Gasteiger partial charge >= 0.3 is 0 Å². The van der Waals surface area contributed by atoms with E-state index >= 15 is 0 Å². The van der Waals surface area contributed by atoms with E-state index in [2.05, 4.69) is 10.6 Å².